The smallest absolute Gasteiger partial charge is 0.141 e. The van der Waals surface area contributed by atoms with Gasteiger partial charge in [0.15, 0.2) is 0 Å². The number of benzene rings is 1. The van der Waals surface area contributed by atoms with Crippen molar-refractivity contribution in [1.29, 1.82) is 0 Å². The topological polar surface area (TPSA) is 12.0 Å². The number of fused-ring (bicyclic) bond motifs is 1. The van der Waals surface area contributed by atoms with Crippen molar-refractivity contribution in [3.63, 3.8) is 0 Å². The molecule has 1 atom stereocenters. The van der Waals surface area contributed by atoms with Gasteiger partial charge in [-0.15, -0.1) is 11.3 Å². The van der Waals surface area contributed by atoms with Crippen LogP contribution < -0.4 is 5.32 Å². The van der Waals surface area contributed by atoms with Crippen LogP contribution in [-0.4, -0.2) is 6.54 Å². The molecular weight excluding hydrogens is 221 g/mol. The standard InChI is InChI=1S/C13H16FNS/c1-4-15-9(3)12-8(2)10-6-5-7-11(14)13(10)16-12/h5-7,9,15H,4H2,1-3H3. The van der Waals surface area contributed by atoms with Crippen molar-refractivity contribution >= 4 is 21.4 Å². The van der Waals surface area contributed by atoms with Gasteiger partial charge in [0.05, 0.1) is 4.70 Å². The SMILES string of the molecule is CCNC(C)c1sc2c(F)cccc2c1C. The Labute approximate surface area is 99.3 Å². The van der Waals surface area contributed by atoms with E-state index < -0.39 is 0 Å². The predicted octanol–water partition coefficient (Wildman–Crippen LogP) is 4.02. The van der Waals surface area contributed by atoms with Crippen molar-refractivity contribution in [2.75, 3.05) is 6.54 Å². The lowest BCUT2D eigenvalue weighted by Gasteiger charge is -2.11. The van der Waals surface area contributed by atoms with Crippen molar-refractivity contribution in [3.8, 4) is 0 Å². The lowest BCUT2D eigenvalue weighted by molar-refractivity contribution is 0.605. The van der Waals surface area contributed by atoms with E-state index in [0.717, 1.165) is 16.6 Å². The molecule has 1 heterocycles. The monoisotopic (exact) mass is 237 g/mol. The maximum Gasteiger partial charge on any atom is 0.141 e. The molecule has 2 aromatic rings. The van der Waals surface area contributed by atoms with Gasteiger partial charge in [-0.05, 0) is 37.4 Å². The molecule has 86 valence electrons. The summed E-state index contributed by atoms with van der Waals surface area (Å²) in [5.41, 5.74) is 1.20. The molecule has 0 amide bonds. The Hall–Kier alpha value is -0.930. The zero-order chi connectivity index (χ0) is 11.7. The van der Waals surface area contributed by atoms with Crippen LogP contribution in [0.2, 0.25) is 0 Å². The highest BCUT2D eigenvalue weighted by atomic mass is 32.1. The van der Waals surface area contributed by atoms with Crippen molar-refractivity contribution in [3.05, 3.63) is 34.5 Å². The fourth-order valence-electron chi connectivity index (χ4n) is 2.04. The number of hydrogen-bond donors (Lipinski definition) is 1. The summed E-state index contributed by atoms with van der Waals surface area (Å²) in [6.07, 6.45) is 0. The van der Waals surface area contributed by atoms with E-state index in [2.05, 4.69) is 26.1 Å². The van der Waals surface area contributed by atoms with Gasteiger partial charge in [0.2, 0.25) is 0 Å². The van der Waals surface area contributed by atoms with Crippen molar-refractivity contribution in [2.24, 2.45) is 0 Å². The van der Waals surface area contributed by atoms with Gasteiger partial charge in [-0.2, -0.15) is 0 Å². The van der Waals surface area contributed by atoms with E-state index in [1.54, 1.807) is 17.4 Å². The first-order valence-corrected chi connectivity index (χ1v) is 6.37. The quantitative estimate of drug-likeness (QED) is 0.850. The molecule has 1 N–H and O–H groups in total. The van der Waals surface area contributed by atoms with Gasteiger partial charge < -0.3 is 5.32 Å². The highest BCUT2D eigenvalue weighted by molar-refractivity contribution is 7.19. The third kappa shape index (κ3) is 1.85. The second-order valence-electron chi connectivity index (χ2n) is 3.99. The number of nitrogens with one attached hydrogen (secondary N) is 1. The van der Waals surface area contributed by atoms with Gasteiger partial charge in [0, 0.05) is 10.9 Å². The zero-order valence-electron chi connectivity index (χ0n) is 9.80. The molecule has 3 heteroatoms. The second kappa shape index (κ2) is 4.52. The van der Waals surface area contributed by atoms with Crippen molar-refractivity contribution in [2.45, 2.75) is 26.8 Å². The molecule has 16 heavy (non-hydrogen) atoms. The first-order valence-electron chi connectivity index (χ1n) is 5.56. The van der Waals surface area contributed by atoms with Crippen LogP contribution in [0.25, 0.3) is 10.1 Å². The summed E-state index contributed by atoms with van der Waals surface area (Å²) in [5, 5.41) is 4.42. The van der Waals surface area contributed by atoms with Gasteiger partial charge in [-0.1, -0.05) is 19.1 Å². The Bertz CT molecular complexity index is 504. The molecule has 0 aliphatic rings. The van der Waals surface area contributed by atoms with Crippen molar-refractivity contribution in [1.82, 2.24) is 5.32 Å². The van der Waals surface area contributed by atoms with Gasteiger partial charge in [-0.25, -0.2) is 4.39 Å². The van der Waals surface area contributed by atoms with Crippen LogP contribution in [0.1, 0.15) is 30.3 Å². The molecule has 1 nitrogen and oxygen atoms in total. The molecule has 0 saturated carbocycles. The Balaban J connectivity index is 2.55. The maximum atomic E-state index is 13.6. The van der Waals surface area contributed by atoms with E-state index in [-0.39, 0.29) is 5.82 Å². The minimum atomic E-state index is -0.111. The summed E-state index contributed by atoms with van der Waals surface area (Å²) < 4.78 is 14.4. The minimum absolute atomic E-state index is 0.111. The zero-order valence-corrected chi connectivity index (χ0v) is 10.6. The van der Waals surface area contributed by atoms with Crippen LogP contribution in [0, 0.1) is 12.7 Å². The number of hydrogen-bond acceptors (Lipinski definition) is 2. The minimum Gasteiger partial charge on any atom is -0.310 e. The number of rotatable bonds is 3. The normalized spacial score (nSPS) is 13.2. The fraction of sp³-hybridized carbons (Fsp3) is 0.385. The summed E-state index contributed by atoms with van der Waals surface area (Å²) in [6, 6.07) is 5.59. The molecule has 2 rings (SSSR count). The summed E-state index contributed by atoms with van der Waals surface area (Å²) in [6.45, 7) is 7.21. The Morgan fingerprint density at radius 3 is 2.81 bits per heavy atom. The third-order valence-corrected chi connectivity index (χ3v) is 4.35. The molecule has 0 fully saturated rings. The molecule has 1 aromatic heterocycles. The van der Waals surface area contributed by atoms with E-state index in [1.807, 2.05) is 6.07 Å². The first-order chi connectivity index (χ1) is 7.65. The first kappa shape index (κ1) is 11.6. The molecule has 0 radical (unpaired) electrons. The fourth-order valence-corrected chi connectivity index (χ4v) is 3.28. The average Bonchev–Trinajstić information content (AvgIpc) is 2.59. The summed E-state index contributed by atoms with van der Waals surface area (Å²) in [7, 11) is 0. The molecule has 0 bridgehead atoms. The second-order valence-corrected chi connectivity index (χ2v) is 5.04. The highest BCUT2D eigenvalue weighted by Gasteiger charge is 2.15. The van der Waals surface area contributed by atoms with Crippen LogP contribution >= 0.6 is 11.3 Å². The van der Waals surface area contributed by atoms with E-state index in [1.165, 1.54) is 16.5 Å². The number of aryl methyl sites for hydroxylation is 1. The summed E-state index contributed by atoms with van der Waals surface area (Å²) in [5.74, 6) is -0.111. The van der Waals surface area contributed by atoms with E-state index in [9.17, 15) is 4.39 Å². The van der Waals surface area contributed by atoms with E-state index >= 15 is 0 Å². The predicted molar refractivity (Wildman–Crippen MR) is 68.6 cm³/mol. The Kier molecular flexibility index (Phi) is 3.26. The van der Waals surface area contributed by atoms with Crippen molar-refractivity contribution < 1.29 is 4.39 Å². The highest BCUT2D eigenvalue weighted by Crippen LogP contribution is 2.35. The van der Waals surface area contributed by atoms with Crippen LogP contribution in [-0.2, 0) is 0 Å². The maximum absolute atomic E-state index is 13.6. The lowest BCUT2D eigenvalue weighted by atomic mass is 10.1. The van der Waals surface area contributed by atoms with Gasteiger partial charge >= 0.3 is 0 Å². The van der Waals surface area contributed by atoms with Gasteiger partial charge in [0.25, 0.3) is 0 Å². The summed E-state index contributed by atoms with van der Waals surface area (Å²) >= 11 is 1.56. The molecule has 0 aliphatic heterocycles. The molecule has 0 spiro atoms. The van der Waals surface area contributed by atoms with Gasteiger partial charge in [-0.3, -0.25) is 0 Å². The Morgan fingerprint density at radius 2 is 2.19 bits per heavy atom. The molecule has 1 unspecified atom stereocenters. The average molecular weight is 237 g/mol. The molecule has 0 saturated heterocycles. The molecular formula is C13H16FNS. The van der Waals surface area contributed by atoms with Crippen LogP contribution in [0.4, 0.5) is 4.39 Å². The largest absolute Gasteiger partial charge is 0.310 e. The lowest BCUT2D eigenvalue weighted by Crippen LogP contribution is -2.17. The third-order valence-electron chi connectivity index (χ3n) is 2.86. The number of halogens is 1. The molecule has 0 aliphatic carbocycles. The van der Waals surface area contributed by atoms with Crippen LogP contribution in [0.3, 0.4) is 0 Å². The van der Waals surface area contributed by atoms with Crippen LogP contribution in [0.5, 0.6) is 0 Å². The number of thiophene rings is 1. The Morgan fingerprint density at radius 1 is 1.44 bits per heavy atom. The van der Waals surface area contributed by atoms with E-state index in [4.69, 9.17) is 0 Å². The van der Waals surface area contributed by atoms with Gasteiger partial charge in [0.1, 0.15) is 5.82 Å². The summed E-state index contributed by atoms with van der Waals surface area (Å²) in [4.78, 5) is 1.24. The molecule has 1 aromatic carbocycles. The van der Waals surface area contributed by atoms with Crippen LogP contribution in [0.15, 0.2) is 18.2 Å². The van der Waals surface area contributed by atoms with E-state index in [0.29, 0.717) is 6.04 Å².